The smallest absolute Gasteiger partial charge is 0.311 e. The summed E-state index contributed by atoms with van der Waals surface area (Å²) >= 11 is 0.975. The third-order valence-electron chi connectivity index (χ3n) is 3.35. The number of hydrogen-bond acceptors (Lipinski definition) is 5. The molecule has 0 bridgehead atoms. The average molecular weight is 255 g/mol. The molecule has 2 heterocycles. The summed E-state index contributed by atoms with van der Waals surface area (Å²) < 4.78 is 7.64. The number of carbonyl (C=O) groups excluding carboxylic acids is 1. The number of likely N-dealkylation sites (tertiary alicyclic amines) is 1. The summed E-state index contributed by atoms with van der Waals surface area (Å²) in [6.45, 7) is 2.57. The van der Waals surface area contributed by atoms with Crippen molar-refractivity contribution in [3.63, 3.8) is 0 Å². The zero-order valence-corrected chi connectivity index (χ0v) is 10.2. The molecule has 0 aliphatic carbocycles. The van der Waals surface area contributed by atoms with Crippen LogP contribution in [0.3, 0.4) is 0 Å². The topological polar surface area (TPSA) is 83.4 Å². The molecule has 1 aliphatic heterocycles. The molecule has 1 atom stereocenters. The van der Waals surface area contributed by atoms with Gasteiger partial charge in [-0.2, -0.15) is 8.75 Å². The van der Waals surface area contributed by atoms with Crippen molar-refractivity contribution in [1.82, 2.24) is 13.6 Å². The number of aliphatic carboxylic acids is 1. The third kappa shape index (κ3) is 2.02. The Bertz CT molecular complexity index is 434. The Hall–Kier alpha value is -1.50. The van der Waals surface area contributed by atoms with Crippen LogP contribution in [0.2, 0.25) is 0 Å². The summed E-state index contributed by atoms with van der Waals surface area (Å²) in [4.78, 5) is 24.8. The van der Waals surface area contributed by atoms with Gasteiger partial charge in [0.1, 0.15) is 0 Å². The number of hydrogen-bond donors (Lipinski definition) is 1. The molecule has 17 heavy (non-hydrogen) atoms. The van der Waals surface area contributed by atoms with E-state index in [0.29, 0.717) is 25.1 Å². The van der Waals surface area contributed by atoms with E-state index in [4.69, 9.17) is 0 Å². The average Bonchev–Trinajstić information content (AvgIpc) is 2.98. The van der Waals surface area contributed by atoms with E-state index >= 15 is 0 Å². The van der Waals surface area contributed by atoms with Crippen LogP contribution in [0.4, 0.5) is 0 Å². The van der Waals surface area contributed by atoms with E-state index in [1.54, 1.807) is 4.90 Å². The fraction of sp³-hybridized carbons (Fsp3) is 0.600. The number of carboxylic acid groups (broad SMARTS) is 1. The maximum Gasteiger partial charge on any atom is 0.311 e. The van der Waals surface area contributed by atoms with Gasteiger partial charge in [-0.25, -0.2) is 0 Å². The van der Waals surface area contributed by atoms with Crippen LogP contribution < -0.4 is 0 Å². The van der Waals surface area contributed by atoms with Gasteiger partial charge in [-0.3, -0.25) is 9.59 Å². The molecule has 0 spiro atoms. The Morgan fingerprint density at radius 2 is 2.41 bits per heavy atom. The highest BCUT2D eigenvalue weighted by Gasteiger charge is 2.45. The number of nitrogens with zero attached hydrogens (tertiary/aromatic N) is 3. The Morgan fingerprint density at radius 3 is 2.88 bits per heavy atom. The second kappa shape index (κ2) is 4.40. The lowest BCUT2D eigenvalue weighted by Gasteiger charge is -2.22. The summed E-state index contributed by atoms with van der Waals surface area (Å²) in [6, 6.07) is 0. The highest BCUT2D eigenvalue weighted by Crippen LogP contribution is 2.34. The van der Waals surface area contributed by atoms with Crippen molar-refractivity contribution >= 4 is 23.6 Å². The molecule has 6 nitrogen and oxygen atoms in total. The van der Waals surface area contributed by atoms with E-state index in [9.17, 15) is 14.7 Å². The minimum absolute atomic E-state index is 0.227. The van der Waals surface area contributed by atoms with Gasteiger partial charge < -0.3 is 10.0 Å². The minimum Gasteiger partial charge on any atom is -0.481 e. The van der Waals surface area contributed by atoms with Crippen LogP contribution in [-0.4, -0.2) is 43.7 Å². The monoisotopic (exact) mass is 255 g/mol. The van der Waals surface area contributed by atoms with E-state index in [1.807, 2.05) is 6.92 Å². The zero-order valence-electron chi connectivity index (χ0n) is 9.42. The van der Waals surface area contributed by atoms with E-state index in [-0.39, 0.29) is 12.5 Å². The predicted octanol–water partition coefficient (Wildman–Crippen LogP) is 0.865. The standard InChI is InChI=1S/C10H13N3O3S/c1-2-10(9(15)16)3-4-13(6-10)8(14)7-5-11-17-12-7/h5H,2-4,6H2,1H3,(H,15,16). The normalized spacial score (nSPS) is 23.9. The van der Waals surface area contributed by atoms with Gasteiger partial charge in [-0.15, -0.1) is 0 Å². The molecule has 1 fully saturated rings. The zero-order chi connectivity index (χ0) is 12.5. The Balaban J connectivity index is 2.12. The van der Waals surface area contributed by atoms with Gasteiger partial charge in [0.05, 0.1) is 23.3 Å². The minimum atomic E-state index is -0.827. The third-order valence-corrected chi connectivity index (χ3v) is 3.83. The maximum absolute atomic E-state index is 12.0. The van der Waals surface area contributed by atoms with Crippen molar-refractivity contribution in [2.24, 2.45) is 5.41 Å². The molecule has 1 unspecified atom stereocenters. The number of carbonyl (C=O) groups is 2. The largest absolute Gasteiger partial charge is 0.481 e. The van der Waals surface area contributed by atoms with E-state index in [1.165, 1.54) is 6.20 Å². The summed E-state index contributed by atoms with van der Waals surface area (Å²) in [5.41, 5.74) is -0.494. The first-order chi connectivity index (χ1) is 8.09. The highest BCUT2D eigenvalue weighted by molar-refractivity contribution is 6.99. The number of carboxylic acids is 1. The predicted molar refractivity (Wildman–Crippen MR) is 60.8 cm³/mol. The van der Waals surface area contributed by atoms with Crippen LogP contribution in [0.1, 0.15) is 30.3 Å². The first-order valence-corrected chi connectivity index (χ1v) is 6.12. The lowest BCUT2D eigenvalue weighted by Crippen LogP contribution is -2.36. The van der Waals surface area contributed by atoms with Crippen molar-refractivity contribution < 1.29 is 14.7 Å². The maximum atomic E-state index is 12.0. The van der Waals surface area contributed by atoms with Crippen molar-refractivity contribution in [3.05, 3.63) is 11.9 Å². The molecular weight excluding hydrogens is 242 g/mol. The van der Waals surface area contributed by atoms with E-state index in [2.05, 4.69) is 8.75 Å². The van der Waals surface area contributed by atoms with Gasteiger partial charge in [-0.05, 0) is 12.8 Å². The van der Waals surface area contributed by atoms with Gasteiger partial charge >= 0.3 is 5.97 Å². The summed E-state index contributed by atoms with van der Waals surface area (Å²) in [7, 11) is 0. The van der Waals surface area contributed by atoms with Crippen LogP contribution in [0, 0.1) is 5.41 Å². The van der Waals surface area contributed by atoms with Crippen LogP contribution in [-0.2, 0) is 4.79 Å². The first-order valence-electron chi connectivity index (χ1n) is 5.39. The number of rotatable bonds is 3. The van der Waals surface area contributed by atoms with Gasteiger partial charge in [0, 0.05) is 13.1 Å². The molecule has 1 aromatic heterocycles. The first kappa shape index (κ1) is 12.0. The molecule has 0 aromatic carbocycles. The van der Waals surface area contributed by atoms with Crippen LogP contribution in [0.5, 0.6) is 0 Å². The molecule has 1 amide bonds. The van der Waals surface area contributed by atoms with E-state index < -0.39 is 11.4 Å². The molecule has 1 N–H and O–H groups in total. The fourth-order valence-electron chi connectivity index (χ4n) is 2.08. The van der Waals surface area contributed by atoms with Crippen molar-refractivity contribution in [2.75, 3.05) is 13.1 Å². The molecular formula is C10H13N3O3S. The van der Waals surface area contributed by atoms with Gasteiger partial charge in [-0.1, -0.05) is 6.92 Å². The second-order valence-corrected chi connectivity index (χ2v) is 4.77. The summed E-state index contributed by atoms with van der Waals surface area (Å²) in [6.07, 6.45) is 2.45. The number of aromatic nitrogens is 2. The molecule has 2 rings (SSSR count). The molecule has 0 saturated carbocycles. The second-order valence-electron chi connectivity index (χ2n) is 4.21. The molecule has 0 radical (unpaired) electrons. The van der Waals surface area contributed by atoms with Crippen LogP contribution in [0.25, 0.3) is 0 Å². The van der Waals surface area contributed by atoms with Gasteiger partial charge in [0.25, 0.3) is 5.91 Å². The molecule has 1 saturated heterocycles. The fourth-order valence-corrected chi connectivity index (χ4v) is 2.49. The Kier molecular flexibility index (Phi) is 3.10. The highest BCUT2D eigenvalue weighted by atomic mass is 32.1. The lowest BCUT2D eigenvalue weighted by atomic mass is 9.84. The van der Waals surface area contributed by atoms with E-state index in [0.717, 1.165) is 11.7 Å². The quantitative estimate of drug-likeness (QED) is 0.866. The number of amides is 1. The molecule has 1 aromatic rings. The molecule has 7 heteroatoms. The summed E-state index contributed by atoms with van der Waals surface area (Å²) in [5.74, 6) is -1.05. The van der Waals surface area contributed by atoms with Crippen LogP contribution >= 0.6 is 11.7 Å². The van der Waals surface area contributed by atoms with Crippen molar-refractivity contribution in [3.8, 4) is 0 Å². The molecule has 92 valence electrons. The lowest BCUT2D eigenvalue weighted by molar-refractivity contribution is -0.148. The van der Waals surface area contributed by atoms with Crippen molar-refractivity contribution in [1.29, 1.82) is 0 Å². The Morgan fingerprint density at radius 1 is 1.65 bits per heavy atom. The van der Waals surface area contributed by atoms with Gasteiger partial charge in [0.2, 0.25) is 0 Å². The van der Waals surface area contributed by atoms with Crippen LogP contribution in [0.15, 0.2) is 6.20 Å². The molecule has 1 aliphatic rings. The summed E-state index contributed by atoms with van der Waals surface area (Å²) in [5, 5.41) is 9.23. The Labute approximate surface area is 103 Å². The SMILES string of the molecule is CCC1(C(=O)O)CCN(C(=O)c2cnsn2)C1. The van der Waals surface area contributed by atoms with Crippen molar-refractivity contribution in [2.45, 2.75) is 19.8 Å². The van der Waals surface area contributed by atoms with Gasteiger partial charge in [0.15, 0.2) is 5.69 Å².